The summed E-state index contributed by atoms with van der Waals surface area (Å²) in [4.78, 5) is 41.6. The molecule has 3 aromatic rings. The van der Waals surface area contributed by atoms with E-state index in [0.29, 0.717) is 22.2 Å². The molecule has 1 atom stereocenters. The number of benzene rings is 2. The van der Waals surface area contributed by atoms with Crippen LogP contribution in [0.5, 0.6) is 0 Å². The largest absolute Gasteiger partial charge is 0.383 e. The molecular formula is C23H25Cl2N5O3. The smallest absolute Gasteiger partial charge is 0.330 e. The molecule has 0 saturated carbocycles. The minimum atomic E-state index is -0.648. The lowest BCUT2D eigenvalue weighted by molar-refractivity contribution is -0.120. The minimum Gasteiger partial charge on any atom is -0.383 e. The number of nitrogens with one attached hydrogen (secondary N) is 2. The monoisotopic (exact) mass is 489 g/mol. The van der Waals surface area contributed by atoms with Crippen molar-refractivity contribution in [1.82, 2.24) is 14.9 Å². The molecule has 0 aliphatic rings. The second kappa shape index (κ2) is 10.6. The number of carbonyl (C=O) groups is 1. The van der Waals surface area contributed by atoms with Gasteiger partial charge in [0.05, 0.1) is 19.1 Å². The number of aromatic amines is 1. The maximum atomic E-state index is 12.8. The van der Waals surface area contributed by atoms with Gasteiger partial charge >= 0.3 is 5.69 Å². The van der Waals surface area contributed by atoms with Crippen LogP contribution in [0.15, 0.2) is 58.1 Å². The van der Waals surface area contributed by atoms with E-state index >= 15 is 0 Å². The number of nitrogens with zero attached hydrogens (tertiary/aromatic N) is 2. The van der Waals surface area contributed by atoms with E-state index in [4.69, 9.17) is 28.9 Å². The Bertz CT molecular complexity index is 1260. The topological polar surface area (TPSA) is 113 Å². The fraction of sp³-hybridized carbons (Fsp3) is 0.261. The first-order chi connectivity index (χ1) is 15.7. The van der Waals surface area contributed by atoms with E-state index in [1.165, 1.54) is 9.47 Å². The van der Waals surface area contributed by atoms with Gasteiger partial charge < -0.3 is 16.0 Å². The Hall–Kier alpha value is -3.23. The van der Waals surface area contributed by atoms with E-state index in [1.54, 1.807) is 32.0 Å². The van der Waals surface area contributed by atoms with Crippen LogP contribution >= 0.6 is 23.2 Å². The number of aromatic nitrogens is 2. The van der Waals surface area contributed by atoms with Gasteiger partial charge in [-0.05, 0) is 37.1 Å². The van der Waals surface area contributed by atoms with Gasteiger partial charge in [0.15, 0.2) is 0 Å². The summed E-state index contributed by atoms with van der Waals surface area (Å²) in [6.07, 6.45) is 0. The Kier molecular flexibility index (Phi) is 7.84. The molecule has 0 bridgehead atoms. The molecule has 8 nitrogen and oxygen atoms in total. The zero-order valence-corrected chi connectivity index (χ0v) is 19.8. The second-order valence-corrected chi connectivity index (χ2v) is 8.38. The molecule has 3 rings (SSSR count). The van der Waals surface area contributed by atoms with Gasteiger partial charge in [-0.15, -0.1) is 0 Å². The molecule has 1 unspecified atom stereocenters. The third-order valence-electron chi connectivity index (χ3n) is 5.24. The number of hydrogen-bond donors (Lipinski definition) is 3. The lowest BCUT2D eigenvalue weighted by Crippen LogP contribution is -2.43. The number of rotatable bonds is 8. The Morgan fingerprint density at radius 1 is 1.18 bits per heavy atom. The fourth-order valence-corrected chi connectivity index (χ4v) is 4.12. The van der Waals surface area contributed by atoms with Crippen molar-refractivity contribution in [1.29, 1.82) is 0 Å². The number of carbonyl (C=O) groups excluding carboxylic acids is 1. The van der Waals surface area contributed by atoms with Gasteiger partial charge in [-0.25, -0.2) is 4.79 Å². The zero-order chi connectivity index (χ0) is 24.1. The number of likely N-dealkylation sites (N-methyl/N-ethyl adjacent to an activating group) is 1. The minimum absolute atomic E-state index is 0.00366. The summed E-state index contributed by atoms with van der Waals surface area (Å²) < 4.78 is 1.28. The molecule has 10 heteroatoms. The lowest BCUT2D eigenvalue weighted by Gasteiger charge is -2.25. The standard InChI is InChI=1S/C23H25Cl2N5O3/c1-3-29(13-19(31)27-14(2)17-10-9-16(24)11-18(17)25)20-21(26)30(23(33)28-22(20)32)12-15-7-5-4-6-8-15/h4-11,14H,3,12-13,26H2,1-2H3,(H,27,31)(H,28,32,33). The highest BCUT2D eigenvalue weighted by molar-refractivity contribution is 6.35. The molecule has 4 N–H and O–H groups in total. The van der Waals surface area contributed by atoms with E-state index in [0.717, 1.165) is 5.56 Å². The Morgan fingerprint density at radius 2 is 1.88 bits per heavy atom. The van der Waals surface area contributed by atoms with Crippen LogP contribution in [-0.2, 0) is 11.3 Å². The van der Waals surface area contributed by atoms with Crippen molar-refractivity contribution in [3.8, 4) is 0 Å². The van der Waals surface area contributed by atoms with E-state index < -0.39 is 11.2 Å². The second-order valence-electron chi connectivity index (χ2n) is 7.53. The molecule has 0 aliphatic heterocycles. The van der Waals surface area contributed by atoms with Crippen LogP contribution < -0.4 is 27.2 Å². The lowest BCUT2D eigenvalue weighted by atomic mass is 10.1. The quantitative estimate of drug-likeness (QED) is 0.449. The van der Waals surface area contributed by atoms with Crippen molar-refractivity contribution >= 4 is 40.6 Å². The van der Waals surface area contributed by atoms with Crippen molar-refractivity contribution in [3.05, 3.63) is 90.5 Å². The van der Waals surface area contributed by atoms with Crippen molar-refractivity contribution in [2.24, 2.45) is 0 Å². The summed E-state index contributed by atoms with van der Waals surface area (Å²) in [5, 5.41) is 3.81. The van der Waals surface area contributed by atoms with Crippen molar-refractivity contribution < 1.29 is 4.79 Å². The number of halogens is 2. The first-order valence-electron chi connectivity index (χ1n) is 10.4. The highest BCUT2D eigenvalue weighted by Crippen LogP contribution is 2.26. The average molecular weight is 490 g/mol. The number of nitrogen functional groups attached to an aromatic ring is 1. The zero-order valence-electron chi connectivity index (χ0n) is 18.3. The molecule has 1 amide bonds. The molecule has 33 heavy (non-hydrogen) atoms. The van der Waals surface area contributed by atoms with Gasteiger partial charge in [0.1, 0.15) is 11.5 Å². The fourth-order valence-electron chi connectivity index (χ4n) is 3.55. The molecule has 0 radical (unpaired) electrons. The summed E-state index contributed by atoms with van der Waals surface area (Å²) in [5.41, 5.74) is 6.62. The van der Waals surface area contributed by atoms with Crippen molar-refractivity contribution in [2.75, 3.05) is 23.7 Å². The van der Waals surface area contributed by atoms with Crippen molar-refractivity contribution in [2.45, 2.75) is 26.4 Å². The van der Waals surface area contributed by atoms with Gasteiger partial charge in [-0.3, -0.25) is 19.1 Å². The predicted molar refractivity (Wildman–Crippen MR) is 132 cm³/mol. The third kappa shape index (κ3) is 5.77. The summed E-state index contributed by atoms with van der Waals surface area (Å²) in [6, 6.07) is 13.9. The van der Waals surface area contributed by atoms with Crippen LogP contribution in [-0.4, -0.2) is 28.5 Å². The van der Waals surface area contributed by atoms with Crippen LogP contribution in [0, 0.1) is 0 Å². The summed E-state index contributed by atoms with van der Waals surface area (Å²) in [6.45, 7) is 3.96. The molecule has 0 aliphatic carbocycles. The Morgan fingerprint density at radius 3 is 2.52 bits per heavy atom. The average Bonchev–Trinajstić information content (AvgIpc) is 2.76. The summed E-state index contributed by atoms with van der Waals surface area (Å²) in [7, 11) is 0. The van der Waals surface area contributed by atoms with E-state index in [2.05, 4.69) is 10.3 Å². The van der Waals surface area contributed by atoms with Crippen LogP contribution in [0.2, 0.25) is 10.0 Å². The van der Waals surface area contributed by atoms with Gasteiger partial charge in [0.2, 0.25) is 5.91 Å². The SMILES string of the molecule is CCN(CC(=O)NC(C)c1ccc(Cl)cc1Cl)c1c(N)n(Cc2ccccc2)c(=O)[nH]c1=O. The number of H-pyrrole nitrogens is 1. The van der Waals surface area contributed by atoms with Gasteiger partial charge in [0, 0.05) is 16.6 Å². The van der Waals surface area contributed by atoms with Crippen molar-refractivity contribution in [3.63, 3.8) is 0 Å². The van der Waals surface area contributed by atoms with Crippen LogP contribution in [0.3, 0.4) is 0 Å². The van der Waals surface area contributed by atoms with Gasteiger partial charge in [-0.1, -0.05) is 59.6 Å². The summed E-state index contributed by atoms with van der Waals surface area (Å²) in [5.74, 6) is -0.342. The number of hydrogen-bond acceptors (Lipinski definition) is 5. The van der Waals surface area contributed by atoms with Crippen LogP contribution in [0.1, 0.15) is 31.0 Å². The molecule has 2 aromatic carbocycles. The number of amides is 1. The number of nitrogens with two attached hydrogens (primary N) is 1. The Balaban J connectivity index is 1.83. The normalized spacial score (nSPS) is 11.8. The highest BCUT2D eigenvalue weighted by atomic mass is 35.5. The van der Waals surface area contributed by atoms with Gasteiger partial charge in [0.25, 0.3) is 5.56 Å². The van der Waals surface area contributed by atoms with E-state index in [1.807, 2.05) is 30.3 Å². The third-order valence-corrected chi connectivity index (χ3v) is 5.80. The van der Waals surface area contributed by atoms with E-state index in [9.17, 15) is 14.4 Å². The van der Waals surface area contributed by atoms with Crippen LogP contribution in [0.4, 0.5) is 11.5 Å². The molecule has 1 aromatic heterocycles. The maximum absolute atomic E-state index is 12.8. The highest BCUT2D eigenvalue weighted by Gasteiger charge is 2.21. The maximum Gasteiger partial charge on any atom is 0.330 e. The molecule has 0 saturated heterocycles. The molecule has 174 valence electrons. The molecule has 1 heterocycles. The van der Waals surface area contributed by atoms with Crippen LogP contribution in [0.25, 0.3) is 0 Å². The van der Waals surface area contributed by atoms with E-state index in [-0.39, 0.29) is 36.5 Å². The Labute approximate surface area is 200 Å². The predicted octanol–water partition coefficient (Wildman–Crippen LogP) is 3.18. The molecular weight excluding hydrogens is 465 g/mol. The molecule has 0 spiro atoms. The first kappa shape index (κ1) is 24.4. The first-order valence-corrected chi connectivity index (χ1v) is 11.1. The summed E-state index contributed by atoms with van der Waals surface area (Å²) >= 11 is 12.2. The molecule has 0 fully saturated rings. The van der Waals surface area contributed by atoms with Gasteiger partial charge in [-0.2, -0.15) is 0 Å². The number of anilines is 2.